The molecular formula is C24H31N5O3S. The molecule has 0 aliphatic heterocycles. The van der Waals surface area contributed by atoms with E-state index in [9.17, 15) is 9.59 Å². The summed E-state index contributed by atoms with van der Waals surface area (Å²) in [4.78, 5) is 23.8. The normalized spacial score (nSPS) is 12.1. The van der Waals surface area contributed by atoms with E-state index in [1.165, 1.54) is 17.3 Å². The minimum absolute atomic E-state index is 0.0926. The number of nitrogens with zero attached hydrogens (tertiary/aromatic N) is 3. The lowest BCUT2D eigenvalue weighted by Crippen LogP contribution is -2.28. The van der Waals surface area contributed by atoms with Crippen LogP contribution >= 0.6 is 11.8 Å². The van der Waals surface area contributed by atoms with Crippen molar-refractivity contribution in [1.29, 1.82) is 0 Å². The number of carbonyl (C=O) groups is 2. The Hall–Kier alpha value is -3.07. The second-order valence-corrected chi connectivity index (χ2v) is 9.39. The number of aryl methyl sites for hydroxylation is 1. The van der Waals surface area contributed by atoms with Crippen LogP contribution in [0.15, 0.2) is 52.2 Å². The summed E-state index contributed by atoms with van der Waals surface area (Å²) in [6, 6.07) is 11.9. The topological polar surface area (TPSA) is 116 Å². The van der Waals surface area contributed by atoms with Crippen molar-refractivity contribution >= 4 is 23.6 Å². The molecule has 0 aliphatic carbocycles. The summed E-state index contributed by atoms with van der Waals surface area (Å²) in [5, 5.41) is 12.0. The summed E-state index contributed by atoms with van der Waals surface area (Å²) >= 11 is 1.30. The standard InChI is InChI=1S/C24H31N5O3S/c1-16(2)13-18-6-8-19(9-7-18)17(3)26-23(31)15-33-24-28-27-22(11-10-21(25)30)29(24)14-20-5-4-12-32-20/h4-9,12,16-17H,10-11,13-15H2,1-3H3,(H2,25,30)(H,26,31). The third kappa shape index (κ3) is 7.49. The molecule has 0 fully saturated rings. The molecular weight excluding hydrogens is 438 g/mol. The zero-order valence-electron chi connectivity index (χ0n) is 19.3. The van der Waals surface area contributed by atoms with Crippen LogP contribution in [0.3, 0.4) is 0 Å². The van der Waals surface area contributed by atoms with Gasteiger partial charge in [-0.3, -0.25) is 14.2 Å². The van der Waals surface area contributed by atoms with Gasteiger partial charge in [0.2, 0.25) is 11.8 Å². The number of aromatic nitrogens is 3. The fourth-order valence-electron chi connectivity index (χ4n) is 3.47. The van der Waals surface area contributed by atoms with Gasteiger partial charge in [0.1, 0.15) is 11.6 Å². The van der Waals surface area contributed by atoms with Gasteiger partial charge < -0.3 is 15.5 Å². The first-order valence-corrected chi connectivity index (χ1v) is 12.0. The van der Waals surface area contributed by atoms with Gasteiger partial charge in [0.25, 0.3) is 0 Å². The highest BCUT2D eigenvalue weighted by molar-refractivity contribution is 7.99. The van der Waals surface area contributed by atoms with E-state index < -0.39 is 5.91 Å². The molecule has 9 heteroatoms. The van der Waals surface area contributed by atoms with Gasteiger partial charge in [-0.1, -0.05) is 49.9 Å². The highest BCUT2D eigenvalue weighted by atomic mass is 32.2. The molecule has 0 aliphatic rings. The first-order valence-electron chi connectivity index (χ1n) is 11.1. The van der Waals surface area contributed by atoms with Gasteiger partial charge in [-0.15, -0.1) is 10.2 Å². The summed E-state index contributed by atoms with van der Waals surface area (Å²) in [6.45, 7) is 6.79. The number of nitrogens with two attached hydrogens (primary N) is 1. The van der Waals surface area contributed by atoms with Crippen molar-refractivity contribution in [3.8, 4) is 0 Å². The lowest BCUT2D eigenvalue weighted by molar-refractivity contribution is -0.119. The fraction of sp³-hybridized carbons (Fsp3) is 0.417. The Morgan fingerprint density at radius 3 is 2.55 bits per heavy atom. The van der Waals surface area contributed by atoms with Gasteiger partial charge >= 0.3 is 0 Å². The molecule has 3 aromatic rings. The summed E-state index contributed by atoms with van der Waals surface area (Å²) in [7, 11) is 0. The lowest BCUT2D eigenvalue weighted by Gasteiger charge is -2.15. The smallest absolute Gasteiger partial charge is 0.230 e. The molecule has 1 atom stereocenters. The summed E-state index contributed by atoms with van der Waals surface area (Å²) in [6.07, 6.45) is 3.19. The van der Waals surface area contributed by atoms with Crippen LogP contribution in [0.2, 0.25) is 0 Å². The molecule has 2 amide bonds. The first-order chi connectivity index (χ1) is 15.8. The molecule has 0 bridgehead atoms. The molecule has 3 rings (SSSR count). The molecule has 2 heterocycles. The van der Waals surface area contributed by atoms with Gasteiger partial charge in [-0.05, 0) is 42.5 Å². The maximum Gasteiger partial charge on any atom is 0.230 e. The third-order valence-electron chi connectivity index (χ3n) is 5.12. The molecule has 1 aromatic carbocycles. The van der Waals surface area contributed by atoms with E-state index in [-0.39, 0.29) is 24.1 Å². The zero-order valence-corrected chi connectivity index (χ0v) is 20.1. The molecule has 0 radical (unpaired) electrons. The maximum atomic E-state index is 12.6. The molecule has 0 spiro atoms. The number of rotatable bonds is 12. The summed E-state index contributed by atoms with van der Waals surface area (Å²) in [5.41, 5.74) is 7.64. The van der Waals surface area contributed by atoms with E-state index in [0.29, 0.717) is 29.9 Å². The number of hydrogen-bond acceptors (Lipinski definition) is 6. The van der Waals surface area contributed by atoms with Crippen LogP contribution in [-0.4, -0.2) is 32.3 Å². The van der Waals surface area contributed by atoms with E-state index in [2.05, 4.69) is 53.6 Å². The van der Waals surface area contributed by atoms with Gasteiger partial charge in [-0.25, -0.2) is 0 Å². The summed E-state index contributed by atoms with van der Waals surface area (Å²) < 4.78 is 7.30. The monoisotopic (exact) mass is 469 g/mol. The van der Waals surface area contributed by atoms with Crippen LogP contribution in [0.25, 0.3) is 0 Å². The van der Waals surface area contributed by atoms with Crippen molar-refractivity contribution in [1.82, 2.24) is 20.1 Å². The van der Waals surface area contributed by atoms with Crippen LogP contribution in [0, 0.1) is 5.92 Å². The van der Waals surface area contributed by atoms with Crippen molar-refractivity contribution in [2.24, 2.45) is 11.7 Å². The predicted octanol–water partition coefficient (Wildman–Crippen LogP) is 3.51. The molecule has 8 nitrogen and oxygen atoms in total. The number of benzene rings is 1. The van der Waals surface area contributed by atoms with E-state index in [4.69, 9.17) is 10.2 Å². The largest absolute Gasteiger partial charge is 0.467 e. The number of nitrogens with one attached hydrogen (secondary N) is 1. The fourth-order valence-corrected chi connectivity index (χ4v) is 4.24. The van der Waals surface area contributed by atoms with Crippen LogP contribution in [-0.2, 0) is 29.0 Å². The maximum absolute atomic E-state index is 12.6. The molecule has 0 saturated carbocycles. The van der Waals surface area contributed by atoms with Crippen LogP contribution in [0.4, 0.5) is 0 Å². The molecule has 3 N–H and O–H groups in total. The predicted molar refractivity (Wildman–Crippen MR) is 128 cm³/mol. The van der Waals surface area contributed by atoms with Crippen LogP contribution in [0.1, 0.15) is 55.9 Å². The summed E-state index contributed by atoms with van der Waals surface area (Å²) in [5.74, 6) is 1.67. The number of primary amides is 1. The van der Waals surface area contributed by atoms with E-state index in [0.717, 1.165) is 17.7 Å². The zero-order chi connectivity index (χ0) is 23.8. The van der Waals surface area contributed by atoms with Crippen molar-refractivity contribution in [3.63, 3.8) is 0 Å². The Balaban J connectivity index is 1.60. The molecule has 1 unspecified atom stereocenters. The second kappa shape index (κ2) is 11.7. The molecule has 176 valence electrons. The molecule has 33 heavy (non-hydrogen) atoms. The van der Waals surface area contributed by atoms with Crippen LogP contribution < -0.4 is 11.1 Å². The Bertz CT molecular complexity index is 1040. The van der Waals surface area contributed by atoms with E-state index >= 15 is 0 Å². The number of carbonyl (C=O) groups excluding carboxylic acids is 2. The van der Waals surface area contributed by atoms with Crippen LogP contribution in [0.5, 0.6) is 0 Å². The van der Waals surface area contributed by atoms with Crippen molar-refractivity contribution in [2.45, 2.75) is 57.8 Å². The Labute approximate surface area is 198 Å². The van der Waals surface area contributed by atoms with E-state index in [1.807, 2.05) is 17.6 Å². The number of amides is 2. The van der Waals surface area contributed by atoms with E-state index in [1.54, 1.807) is 12.3 Å². The Kier molecular flexibility index (Phi) is 8.71. The van der Waals surface area contributed by atoms with Crippen molar-refractivity contribution < 1.29 is 14.0 Å². The van der Waals surface area contributed by atoms with Gasteiger partial charge in [0, 0.05) is 12.8 Å². The SMILES string of the molecule is CC(C)Cc1ccc(C(C)NC(=O)CSc2nnc(CCC(N)=O)n2Cc2ccco2)cc1. The highest BCUT2D eigenvalue weighted by Gasteiger charge is 2.17. The van der Waals surface area contributed by atoms with Crippen molar-refractivity contribution in [3.05, 3.63) is 65.4 Å². The van der Waals surface area contributed by atoms with Gasteiger partial charge in [-0.2, -0.15) is 0 Å². The number of furan rings is 1. The second-order valence-electron chi connectivity index (χ2n) is 8.45. The molecule has 2 aromatic heterocycles. The van der Waals surface area contributed by atoms with Gasteiger partial charge in [0.15, 0.2) is 5.16 Å². The third-order valence-corrected chi connectivity index (χ3v) is 6.08. The number of thioether (sulfide) groups is 1. The molecule has 0 saturated heterocycles. The lowest BCUT2D eigenvalue weighted by atomic mass is 10.00. The Morgan fingerprint density at radius 2 is 1.91 bits per heavy atom. The minimum Gasteiger partial charge on any atom is -0.467 e. The van der Waals surface area contributed by atoms with Gasteiger partial charge in [0.05, 0.1) is 24.6 Å². The minimum atomic E-state index is -0.401. The Morgan fingerprint density at radius 1 is 1.15 bits per heavy atom. The highest BCUT2D eigenvalue weighted by Crippen LogP contribution is 2.21. The quantitative estimate of drug-likeness (QED) is 0.392. The average molecular weight is 470 g/mol. The first kappa shape index (κ1) is 24.6. The van der Waals surface area contributed by atoms with Crippen molar-refractivity contribution in [2.75, 3.05) is 5.75 Å². The number of hydrogen-bond donors (Lipinski definition) is 2. The average Bonchev–Trinajstić information content (AvgIpc) is 3.41.